The van der Waals surface area contributed by atoms with E-state index in [1.54, 1.807) is 4.90 Å². The Labute approximate surface area is 185 Å². The highest BCUT2D eigenvalue weighted by Gasteiger charge is 2.51. The van der Waals surface area contributed by atoms with E-state index < -0.39 is 23.9 Å². The maximum atomic E-state index is 12.9. The highest BCUT2D eigenvalue weighted by molar-refractivity contribution is 6.62. The average molecular weight is 430 g/mol. The molecular weight excluding hydrogens is 395 g/mol. The summed E-state index contributed by atoms with van der Waals surface area (Å²) in [6.07, 6.45) is 0.365. The van der Waals surface area contributed by atoms with Crippen molar-refractivity contribution in [3.63, 3.8) is 0 Å². The molecule has 31 heavy (non-hydrogen) atoms. The van der Waals surface area contributed by atoms with Gasteiger partial charge in [-0.15, -0.1) is 0 Å². The van der Waals surface area contributed by atoms with Crippen LogP contribution in [0.3, 0.4) is 0 Å². The summed E-state index contributed by atoms with van der Waals surface area (Å²) in [4.78, 5) is 26.5. The Morgan fingerprint density at radius 2 is 1.74 bits per heavy atom. The Balaban J connectivity index is 1.62. The van der Waals surface area contributed by atoms with Gasteiger partial charge in [0.2, 0.25) is 0 Å². The van der Waals surface area contributed by atoms with Gasteiger partial charge in [-0.1, -0.05) is 19.1 Å². The van der Waals surface area contributed by atoms with E-state index in [-0.39, 0.29) is 18.0 Å². The average Bonchev–Trinajstić information content (AvgIpc) is 2.82. The van der Waals surface area contributed by atoms with E-state index in [0.717, 1.165) is 11.0 Å². The summed E-state index contributed by atoms with van der Waals surface area (Å²) < 4.78 is 17.6. The zero-order valence-corrected chi connectivity index (χ0v) is 20.0. The van der Waals surface area contributed by atoms with Crippen LogP contribution >= 0.6 is 0 Å². The number of nitrogens with zero attached hydrogens (tertiary/aromatic N) is 1. The maximum Gasteiger partial charge on any atom is 0.494 e. The van der Waals surface area contributed by atoms with Crippen molar-refractivity contribution in [3.05, 3.63) is 29.3 Å². The third-order valence-electron chi connectivity index (χ3n) is 6.15. The zero-order chi connectivity index (χ0) is 23.2. The molecule has 0 saturated carbocycles. The van der Waals surface area contributed by atoms with Crippen LogP contribution in [0.15, 0.2) is 18.2 Å². The number of carbonyl (C=O) groups is 2. The number of aryl methyl sites for hydroxylation is 1. The minimum Gasteiger partial charge on any atom is -0.444 e. The second-order valence-corrected chi connectivity index (χ2v) is 10.4. The lowest BCUT2D eigenvalue weighted by Gasteiger charge is -2.40. The first-order valence-corrected chi connectivity index (χ1v) is 11.0. The number of rotatable bonds is 4. The monoisotopic (exact) mass is 430 g/mol. The fourth-order valence-electron chi connectivity index (χ4n) is 3.56. The molecule has 0 aromatic heterocycles. The Morgan fingerprint density at radius 1 is 1.16 bits per heavy atom. The summed E-state index contributed by atoms with van der Waals surface area (Å²) in [5, 5.41) is 3.02. The smallest absolute Gasteiger partial charge is 0.444 e. The first kappa shape index (κ1) is 23.6. The molecule has 1 aromatic rings. The van der Waals surface area contributed by atoms with Crippen molar-refractivity contribution in [1.29, 1.82) is 0 Å². The minimum atomic E-state index is -0.527. The van der Waals surface area contributed by atoms with Gasteiger partial charge in [0.25, 0.3) is 5.91 Å². The number of likely N-dealkylation sites (tertiary alicyclic amines) is 1. The predicted molar refractivity (Wildman–Crippen MR) is 121 cm³/mol. The second-order valence-electron chi connectivity index (χ2n) is 10.4. The van der Waals surface area contributed by atoms with Crippen LogP contribution in [-0.2, 0) is 20.5 Å². The van der Waals surface area contributed by atoms with Crippen molar-refractivity contribution in [2.75, 3.05) is 13.1 Å². The molecule has 2 aliphatic rings. The Bertz CT molecular complexity index is 840. The number of carbonyl (C=O) groups excluding carboxylic acids is 2. The molecule has 8 heteroatoms. The first-order chi connectivity index (χ1) is 14.2. The number of ether oxygens (including phenoxy) is 1. The van der Waals surface area contributed by atoms with E-state index in [0.29, 0.717) is 25.1 Å². The van der Waals surface area contributed by atoms with E-state index in [4.69, 9.17) is 14.0 Å². The van der Waals surface area contributed by atoms with Crippen LogP contribution in [0.1, 0.15) is 71.3 Å². The van der Waals surface area contributed by atoms with Crippen molar-refractivity contribution in [2.24, 2.45) is 0 Å². The van der Waals surface area contributed by atoms with E-state index in [9.17, 15) is 9.59 Å². The number of hydrogen-bond donors (Lipinski definition) is 1. The molecule has 2 fully saturated rings. The van der Waals surface area contributed by atoms with Gasteiger partial charge >= 0.3 is 13.2 Å². The van der Waals surface area contributed by atoms with Crippen LogP contribution in [0.5, 0.6) is 0 Å². The summed E-state index contributed by atoms with van der Waals surface area (Å²) >= 11 is 0. The summed E-state index contributed by atoms with van der Waals surface area (Å²) in [6, 6.07) is 5.64. The van der Waals surface area contributed by atoms with Gasteiger partial charge in [-0.3, -0.25) is 4.79 Å². The molecule has 2 amide bonds. The molecule has 2 heterocycles. The Kier molecular flexibility index (Phi) is 6.19. The molecule has 0 unspecified atom stereocenters. The molecule has 1 aromatic carbocycles. The van der Waals surface area contributed by atoms with Crippen molar-refractivity contribution < 1.29 is 23.6 Å². The van der Waals surface area contributed by atoms with Crippen LogP contribution in [0, 0.1) is 0 Å². The van der Waals surface area contributed by atoms with Crippen LogP contribution in [0.4, 0.5) is 4.79 Å². The SMILES string of the molecule is CCc1cc(B2OC(C)(C)C(C)(C)O2)ccc1C(=O)NC1CN(C(=O)OC(C)(C)C)C1. The number of nitrogens with one attached hydrogen (secondary N) is 1. The quantitative estimate of drug-likeness (QED) is 0.744. The third-order valence-corrected chi connectivity index (χ3v) is 6.15. The lowest BCUT2D eigenvalue weighted by Crippen LogP contribution is -2.61. The molecule has 0 atom stereocenters. The second kappa shape index (κ2) is 8.13. The molecule has 0 radical (unpaired) electrons. The summed E-state index contributed by atoms with van der Waals surface area (Å²) in [6.45, 7) is 16.5. The van der Waals surface area contributed by atoms with Gasteiger partial charge in [-0.05, 0) is 72.0 Å². The van der Waals surface area contributed by atoms with E-state index in [2.05, 4.69) is 5.32 Å². The van der Waals surface area contributed by atoms with Gasteiger partial charge in [-0.2, -0.15) is 0 Å². The molecule has 0 aliphatic carbocycles. The van der Waals surface area contributed by atoms with E-state index in [1.807, 2.05) is 73.6 Å². The van der Waals surface area contributed by atoms with Crippen molar-refractivity contribution >= 4 is 24.6 Å². The van der Waals surface area contributed by atoms with E-state index in [1.165, 1.54) is 0 Å². The van der Waals surface area contributed by atoms with E-state index >= 15 is 0 Å². The normalized spacial score (nSPS) is 20.4. The van der Waals surface area contributed by atoms with Gasteiger partial charge < -0.3 is 24.3 Å². The molecule has 0 spiro atoms. The minimum absolute atomic E-state index is 0.0764. The van der Waals surface area contributed by atoms with Crippen LogP contribution < -0.4 is 10.8 Å². The molecule has 2 aliphatic heterocycles. The van der Waals surface area contributed by atoms with Gasteiger partial charge in [0.05, 0.1) is 17.2 Å². The molecular formula is C23H35BN2O5. The Morgan fingerprint density at radius 3 is 2.26 bits per heavy atom. The molecule has 0 bridgehead atoms. The summed E-state index contributed by atoms with van der Waals surface area (Å²) in [5.41, 5.74) is 1.13. The number of amides is 2. The largest absolute Gasteiger partial charge is 0.494 e. The van der Waals surface area contributed by atoms with Gasteiger partial charge in [0.15, 0.2) is 0 Å². The predicted octanol–water partition coefficient (Wildman–Crippen LogP) is 2.90. The maximum absolute atomic E-state index is 12.9. The summed E-state index contributed by atoms with van der Waals surface area (Å²) in [7, 11) is -0.457. The number of benzene rings is 1. The molecule has 3 rings (SSSR count). The third kappa shape index (κ3) is 5.06. The van der Waals surface area contributed by atoms with Gasteiger partial charge in [0, 0.05) is 18.7 Å². The lowest BCUT2D eigenvalue weighted by atomic mass is 9.77. The van der Waals surface area contributed by atoms with Gasteiger partial charge in [-0.25, -0.2) is 4.79 Å². The number of hydrogen-bond acceptors (Lipinski definition) is 5. The van der Waals surface area contributed by atoms with Gasteiger partial charge in [0.1, 0.15) is 5.60 Å². The fraction of sp³-hybridized carbons (Fsp3) is 0.652. The lowest BCUT2D eigenvalue weighted by molar-refractivity contribution is 0.00532. The van der Waals surface area contributed by atoms with Crippen molar-refractivity contribution in [3.8, 4) is 0 Å². The zero-order valence-electron chi connectivity index (χ0n) is 20.0. The molecule has 2 saturated heterocycles. The van der Waals surface area contributed by atoms with Crippen molar-refractivity contribution in [2.45, 2.75) is 84.7 Å². The summed E-state index contributed by atoms with van der Waals surface area (Å²) in [5.74, 6) is -0.133. The highest BCUT2D eigenvalue weighted by atomic mass is 16.7. The van der Waals surface area contributed by atoms with Crippen LogP contribution in [-0.4, -0.2) is 60.0 Å². The topological polar surface area (TPSA) is 77.1 Å². The fourth-order valence-corrected chi connectivity index (χ4v) is 3.56. The highest BCUT2D eigenvalue weighted by Crippen LogP contribution is 2.36. The molecule has 1 N–H and O–H groups in total. The van der Waals surface area contributed by atoms with Crippen LogP contribution in [0.25, 0.3) is 0 Å². The van der Waals surface area contributed by atoms with Crippen molar-refractivity contribution in [1.82, 2.24) is 10.2 Å². The molecule has 170 valence electrons. The molecule has 7 nitrogen and oxygen atoms in total. The van der Waals surface area contributed by atoms with Crippen LogP contribution in [0.2, 0.25) is 0 Å². The Hall–Kier alpha value is -2.06. The standard InChI is InChI=1S/C23H35BN2O5/c1-9-15-12-16(24-30-22(5,6)23(7,8)31-24)10-11-18(15)19(27)25-17-13-26(14-17)20(28)29-21(2,3)4/h10-12,17H,9,13-14H2,1-8H3,(H,25,27). The first-order valence-electron chi connectivity index (χ1n) is 11.0.